The molecule has 0 bridgehead atoms. The van der Waals surface area contributed by atoms with Crippen LogP contribution in [0.15, 0.2) is 11.1 Å². The maximum absolute atomic E-state index is 12.1. The van der Waals surface area contributed by atoms with Crippen molar-refractivity contribution in [2.45, 2.75) is 31.2 Å². The SMILES string of the molecule is Cc1[nH]ncc1S(=O)(=O)NC(C)C1CCNC1. The third-order valence-electron chi connectivity index (χ3n) is 3.22. The van der Waals surface area contributed by atoms with Crippen molar-refractivity contribution in [2.24, 2.45) is 5.92 Å². The highest BCUT2D eigenvalue weighted by Gasteiger charge is 2.27. The quantitative estimate of drug-likeness (QED) is 0.709. The van der Waals surface area contributed by atoms with E-state index >= 15 is 0 Å². The molecule has 0 saturated carbocycles. The maximum Gasteiger partial charge on any atom is 0.244 e. The molecule has 0 amide bonds. The van der Waals surface area contributed by atoms with E-state index in [1.54, 1.807) is 6.92 Å². The largest absolute Gasteiger partial charge is 0.316 e. The lowest BCUT2D eigenvalue weighted by Gasteiger charge is -2.19. The Hall–Kier alpha value is -0.920. The van der Waals surface area contributed by atoms with E-state index in [0.29, 0.717) is 11.6 Å². The van der Waals surface area contributed by atoms with E-state index in [1.807, 2.05) is 6.92 Å². The van der Waals surface area contributed by atoms with Gasteiger partial charge in [-0.1, -0.05) is 0 Å². The molecule has 0 spiro atoms. The number of H-pyrrole nitrogens is 1. The molecule has 0 aromatic carbocycles. The van der Waals surface area contributed by atoms with E-state index < -0.39 is 10.0 Å². The normalized spacial score (nSPS) is 22.8. The topological polar surface area (TPSA) is 86.9 Å². The standard InChI is InChI=1S/C10H18N4O2S/c1-7(9-3-4-11-5-9)14-17(15,16)10-6-12-13-8(10)2/h6-7,9,11,14H,3-5H2,1-2H3,(H,12,13). The number of aromatic amines is 1. The number of rotatable bonds is 4. The van der Waals surface area contributed by atoms with Gasteiger partial charge < -0.3 is 5.32 Å². The minimum Gasteiger partial charge on any atom is -0.316 e. The Labute approximate surface area is 101 Å². The molecule has 6 nitrogen and oxygen atoms in total. The number of hydrogen-bond acceptors (Lipinski definition) is 4. The van der Waals surface area contributed by atoms with Gasteiger partial charge in [-0.15, -0.1) is 0 Å². The maximum atomic E-state index is 12.1. The Morgan fingerprint density at radius 1 is 1.59 bits per heavy atom. The van der Waals surface area contributed by atoms with Gasteiger partial charge in [-0.05, 0) is 39.3 Å². The second-order valence-electron chi connectivity index (χ2n) is 4.52. The molecule has 1 aliphatic heterocycles. The van der Waals surface area contributed by atoms with Gasteiger partial charge in [0.25, 0.3) is 0 Å². The highest BCUT2D eigenvalue weighted by molar-refractivity contribution is 7.89. The van der Waals surface area contributed by atoms with E-state index in [1.165, 1.54) is 6.20 Å². The first kappa shape index (κ1) is 12.5. The monoisotopic (exact) mass is 258 g/mol. The van der Waals surface area contributed by atoms with E-state index in [4.69, 9.17) is 0 Å². The van der Waals surface area contributed by atoms with Gasteiger partial charge in [0, 0.05) is 6.04 Å². The summed E-state index contributed by atoms with van der Waals surface area (Å²) in [6, 6.07) is -0.0655. The molecule has 17 heavy (non-hydrogen) atoms. The van der Waals surface area contributed by atoms with Gasteiger partial charge in [-0.25, -0.2) is 13.1 Å². The van der Waals surface area contributed by atoms with Gasteiger partial charge in [0.15, 0.2) is 0 Å². The van der Waals surface area contributed by atoms with Crippen molar-refractivity contribution in [3.63, 3.8) is 0 Å². The summed E-state index contributed by atoms with van der Waals surface area (Å²) in [6.07, 6.45) is 2.35. The lowest BCUT2D eigenvalue weighted by atomic mass is 10.0. The minimum absolute atomic E-state index is 0.0655. The third-order valence-corrected chi connectivity index (χ3v) is 4.89. The minimum atomic E-state index is -3.46. The first-order valence-electron chi connectivity index (χ1n) is 5.74. The summed E-state index contributed by atoms with van der Waals surface area (Å²) in [4.78, 5) is 0.232. The van der Waals surface area contributed by atoms with Crippen molar-refractivity contribution in [2.75, 3.05) is 13.1 Å². The fourth-order valence-corrected chi connectivity index (χ4v) is 3.57. The van der Waals surface area contributed by atoms with Crippen LogP contribution in [0.3, 0.4) is 0 Å². The van der Waals surface area contributed by atoms with Crippen LogP contribution in [0.1, 0.15) is 19.0 Å². The molecule has 1 aliphatic rings. The zero-order valence-corrected chi connectivity index (χ0v) is 10.8. The molecular weight excluding hydrogens is 240 g/mol. The van der Waals surface area contributed by atoms with E-state index in [2.05, 4.69) is 20.2 Å². The average Bonchev–Trinajstić information content (AvgIpc) is 2.85. The Balaban J connectivity index is 2.09. The molecule has 1 aromatic rings. The predicted molar refractivity (Wildman–Crippen MR) is 64.1 cm³/mol. The Morgan fingerprint density at radius 3 is 2.88 bits per heavy atom. The van der Waals surface area contributed by atoms with Crippen molar-refractivity contribution in [3.05, 3.63) is 11.9 Å². The second kappa shape index (κ2) is 4.75. The summed E-state index contributed by atoms with van der Waals surface area (Å²) in [5.41, 5.74) is 0.564. The Morgan fingerprint density at radius 2 is 2.35 bits per heavy atom. The van der Waals surface area contributed by atoms with E-state index in [0.717, 1.165) is 19.5 Å². The number of aryl methyl sites for hydroxylation is 1. The third kappa shape index (κ3) is 2.67. The van der Waals surface area contributed by atoms with Crippen LogP contribution < -0.4 is 10.0 Å². The van der Waals surface area contributed by atoms with Crippen LogP contribution in [0.5, 0.6) is 0 Å². The number of nitrogens with zero attached hydrogens (tertiary/aromatic N) is 1. The number of aromatic nitrogens is 2. The lowest BCUT2D eigenvalue weighted by molar-refractivity contribution is 0.444. The van der Waals surface area contributed by atoms with Crippen molar-refractivity contribution >= 4 is 10.0 Å². The first-order valence-corrected chi connectivity index (χ1v) is 7.22. The van der Waals surface area contributed by atoms with Crippen LogP contribution in [0.25, 0.3) is 0 Å². The highest BCUT2D eigenvalue weighted by Crippen LogP contribution is 2.16. The molecule has 7 heteroatoms. The molecule has 1 aromatic heterocycles. The number of hydrogen-bond donors (Lipinski definition) is 3. The van der Waals surface area contributed by atoms with Crippen LogP contribution in [0.4, 0.5) is 0 Å². The molecule has 1 saturated heterocycles. The van der Waals surface area contributed by atoms with Gasteiger partial charge in [0.1, 0.15) is 4.90 Å². The molecule has 1 fully saturated rings. The van der Waals surface area contributed by atoms with Crippen LogP contribution in [0.2, 0.25) is 0 Å². The highest BCUT2D eigenvalue weighted by atomic mass is 32.2. The smallest absolute Gasteiger partial charge is 0.244 e. The van der Waals surface area contributed by atoms with Crippen LogP contribution in [-0.4, -0.2) is 37.7 Å². The van der Waals surface area contributed by atoms with Crippen molar-refractivity contribution < 1.29 is 8.42 Å². The molecule has 0 radical (unpaired) electrons. The first-order chi connectivity index (χ1) is 8.00. The molecule has 2 rings (SSSR count). The fraction of sp³-hybridized carbons (Fsp3) is 0.700. The summed E-state index contributed by atoms with van der Waals surface area (Å²) in [6.45, 7) is 5.43. The zero-order valence-electron chi connectivity index (χ0n) is 10.0. The Kier molecular flexibility index (Phi) is 3.50. The van der Waals surface area contributed by atoms with Crippen molar-refractivity contribution in [1.29, 1.82) is 0 Å². The summed E-state index contributed by atoms with van der Waals surface area (Å²) >= 11 is 0. The van der Waals surface area contributed by atoms with E-state index in [9.17, 15) is 8.42 Å². The van der Waals surface area contributed by atoms with Gasteiger partial charge in [-0.3, -0.25) is 5.10 Å². The molecule has 96 valence electrons. The molecular formula is C10H18N4O2S. The van der Waals surface area contributed by atoms with E-state index in [-0.39, 0.29) is 10.9 Å². The van der Waals surface area contributed by atoms with Gasteiger partial charge in [0.05, 0.1) is 11.9 Å². The van der Waals surface area contributed by atoms with Gasteiger partial charge >= 0.3 is 0 Å². The van der Waals surface area contributed by atoms with Crippen LogP contribution in [0, 0.1) is 12.8 Å². The lowest BCUT2D eigenvalue weighted by Crippen LogP contribution is -2.38. The molecule has 2 unspecified atom stereocenters. The molecule has 2 atom stereocenters. The Bertz CT molecular complexity index is 476. The van der Waals surface area contributed by atoms with Gasteiger partial charge in [-0.2, -0.15) is 5.10 Å². The average molecular weight is 258 g/mol. The van der Waals surface area contributed by atoms with Crippen molar-refractivity contribution in [3.8, 4) is 0 Å². The molecule has 2 heterocycles. The summed E-state index contributed by atoms with van der Waals surface area (Å²) in [7, 11) is -3.46. The van der Waals surface area contributed by atoms with Crippen LogP contribution >= 0.6 is 0 Å². The summed E-state index contributed by atoms with van der Waals surface area (Å²) in [5.74, 6) is 0.358. The molecule has 3 N–H and O–H groups in total. The second-order valence-corrected chi connectivity index (χ2v) is 6.20. The van der Waals surface area contributed by atoms with Gasteiger partial charge in [0.2, 0.25) is 10.0 Å². The molecule has 0 aliphatic carbocycles. The summed E-state index contributed by atoms with van der Waals surface area (Å²) in [5, 5.41) is 9.60. The number of sulfonamides is 1. The predicted octanol–water partition coefficient (Wildman–Crippen LogP) is -0.00558. The summed E-state index contributed by atoms with van der Waals surface area (Å²) < 4.78 is 26.9. The van der Waals surface area contributed by atoms with Crippen molar-refractivity contribution in [1.82, 2.24) is 20.2 Å². The van der Waals surface area contributed by atoms with Crippen LogP contribution in [-0.2, 0) is 10.0 Å². The number of nitrogens with one attached hydrogen (secondary N) is 3. The fourth-order valence-electron chi connectivity index (χ4n) is 2.12. The zero-order chi connectivity index (χ0) is 12.5.